The zero-order chi connectivity index (χ0) is 13.1. The zero-order valence-electron chi connectivity index (χ0n) is 10.9. The summed E-state index contributed by atoms with van der Waals surface area (Å²) >= 11 is 3.49. The molecule has 0 saturated carbocycles. The third-order valence-corrected chi connectivity index (χ3v) is 5.25. The lowest BCUT2D eigenvalue weighted by Crippen LogP contribution is -2.49. The summed E-state index contributed by atoms with van der Waals surface area (Å²) in [5.74, 6) is 2.05. The second kappa shape index (κ2) is 6.04. The van der Waals surface area contributed by atoms with Gasteiger partial charge in [-0.3, -0.25) is 4.79 Å². The van der Waals surface area contributed by atoms with Crippen LogP contribution in [0.5, 0.6) is 0 Å². The number of aromatic nitrogens is 1. The van der Waals surface area contributed by atoms with Crippen LogP contribution in [-0.4, -0.2) is 35.0 Å². The van der Waals surface area contributed by atoms with Gasteiger partial charge in [0.05, 0.1) is 22.8 Å². The summed E-state index contributed by atoms with van der Waals surface area (Å²) in [5.41, 5.74) is 1.02. The van der Waals surface area contributed by atoms with Crippen LogP contribution in [0.1, 0.15) is 28.5 Å². The molecule has 1 aromatic rings. The molecule has 2 N–H and O–H groups in total. The molecule has 18 heavy (non-hydrogen) atoms. The molecule has 1 aromatic heterocycles. The number of nitrogens with one attached hydrogen (secondary N) is 2. The van der Waals surface area contributed by atoms with Crippen LogP contribution < -0.4 is 10.6 Å². The van der Waals surface area contributed by atoms with Crippen molar-refractivity contribution >= 4 is 29.0 Å². The minimum absolute atomic E-state index is 0.0393. The minimum atomic E-state index is -0.0551. The second-order valence-electron chi connectivity index (χ2n) is 4.49. The third-order valence-electron chi connectivity index (χ3n) is 2.93. The van der Waals surface area contributed by atoms with Gasteiger partial charge in [0.25, 0.3) is 0 Å². The Balaban J connectivity index is 1.96. The van der Waals surface area contributed by atoms with Crippen LogP contribution in [0.25, 0.3) is 0 Å². The molecule has 1 amide bonds. The number of hydrogen-bond acceptors (Lipinski definition) is 5. The Labute approximate surface area is 116 Å². The second-order valence-corrected chi connectivity index (χ2v) is 6.88. The fourth-order valence-electron chi connectivity index (χ4n) is 2.06. The molecule has 6 heteroatoms. The van der Waals surface area contributed by atoms with E-state index in [2.05, 4.69) is 15.6 Å². The van der Waals surface area contributed by atoms with E-state index in [1.807, 2.05) is 32.5 Å². The topological polar surface area (TPSA) is 54.0 Å². The summed E-state index contributed by atoms with van der Waals surface area (Å²) < 4.78 is 0. The summed E-state index contributed by atoms with van der Waals surface area (Å²) in [6, 6.07) is -0.0158. The molecule has 2 rings (SSSR count). The van der Waals surface area contributed by atoms with Crippen LogP contribution in [0.3, 0.4) is 0 Å². The predicted molar refractivity (Wildman–Crippen MR) is 77.3 cm³/mol. The molecular weight excluding hydrogens is 266 g/mol. The highest BCUT2D eigenvalue weighted by molar-refractivity contribution is 7.99. The van der Waals surface area contributed by atoms with Crippen molar-refractivity contribution in [3.63, 3.8) is 0 Å². The van der Waals surface area contributed by atoms with Crippen LogP contribution in [0.2, 0.25) is 0 Å². The fourth-order valence-corrected chi connectivity index (χ4v) is 3.93. The largest absolute Gasteiger partial charge is 0.347 e. The van der Waals surface area contributed by atoms with Gasteiger partial charge in [0.1, 0.15) is 0 Å². The normalized spacial score (nSPS) is 21.6. The van der Waals surface area contributed by atoms with Gasteiger partial charge >= 0.3 is 0 Å². The van der Waals surface area contributed by atoms with Gasteiger partial charge in [-0.25, -0.2) is 4.98 Å². The zero-order valence-corrected chi connectivity index (χ0v) is 12.6. The highest BCUT2D eigenvalue weighted by Crippen LogP contribution is 2.24. The van der Waals surface area contributed by atoms with Crippen molar-refractivity contribution in [2.24, 2.45) is 0 Å². The van der Waals surface area contributed by atoms with Crippen molar-refractivity contribution in [3.8, 4) is 0 Å². The Morgan fingerprint density at radius 3 is 2.89 bits per heavy atom. The number of nitrogens with zero attached hydrogens (tertiary/aromatic N) is 1. The highest BCUT2D eigenvalue weighted by Gasteiger charge is 2.23. The highest BCUT2D eigenvalue weighted by atomic mass is 32.2. The molecule has 2 heterocycles. The van der Waals surface area contributed by atoms with Gasteiger partial charge < -0.3 is 10.6 Å². The van der Waals surface area contributed by atoms with Gasteiger partial charge in [0.15, 0.2) is 0 Å². The van der Waals surface area contributed by atoms with Gasteiger partial charge in [-0.05, 0) is 20.8 Å². The first-order valence-electron chi connectivity index (χ1n) is 6.13. The van der Waals surface area contributed by atoms with E-state index in [1.165, 1.54) is 0 Å². The molecule has 4 nitrogen and oxygen atoms in total. The average molecular weight is 285 g/mol. The SMILES string of the molecule is Cc1nc(C)c(C(C)NC(=O)C2CSCCN2)s1. The maximum Gasteiger partial charge on any atom is 0.238 e. The molecule has 1 aliphatic rings. The summed E-state index contributed by atoms with van der Waals surface area (Å²) in [5, 5.41) is 7.38. The van der Waals surface area contributed by atoms with E-state index in [-0.39, 0.29) is 18.0 Å². The van der Waals surface area contributed by atoms with Gasteiger partial charge in [-0.2, -0.15) is 11.8 Å². The standard InChI is InChI=1S/C12H19N3OS2/c1-7-11(18-9(3)14-7)8(2)15-12(16)10-6-17-5-4-13-10/h8,10,13H,4-6H2,1-3H3,(H,15,16). The van der Waals surface area contributed by atoms with Gasteiger partial charge in [-0.15, -0.1) is 11.3 Å². The van der Waals surface area contributed by atoms with Crippen LogP contribution in [0.4, 0.5) is 0 Å². The van der Waals surface area contributed by atoms with Crippen LogP contribution in [0.15, 0.2) is 0 Å². The van der Waals surface area contributed by atoms with E-state index in [4.69, 9.17) is 0 Å². The third kappa shape index (κ3) is 3.24. The first-order chi connectivity index (χ1) is 8.58. The number of thiazole rings is 1. The molecule has 0 aromatic carbocycles. The summed E-state index contributed by atoms with van der Waals surface area (Å²) in [7, 11) is 0. The molecule has 0 spiro atoms. The summed E-state index contributed by atoms with van der Waals surface area (Å²) in [6.45, 7) is 6.93. The smallest absolute Gasteiger partial charge is 0.238 e. The van der Waals surface area contributed by atoms with E-state index in [0.717, 1.165) is 33.6 Å². The first-order valence-corrected chi connectivity index (χ1v) is 8.10. The van der Waals surface area contributed by atoms with Gasteiger partial charge in [0, 0.05) is 22.9 Å². The van der Waals surface area contributed by atoms with E-state index in [0.29, 0.717) is 0 Å². The molecule has 0 radical (unpaired) electrons. The van der Waals surface area contributed by atoms with Crippen molar-refractivity contribution in [2.45, 2.75) is 32.9 Å². The van der Waals surface area contributed by atoms with E-state index >= 15 is 0 Å². The number of carbonyl (C=O) groups is 1. The Morgan fingerprint density at radius 1 is 1.56 bits per heavy atom. The van der Waals surface area contributed by atoms with Crippen LogP contribution in [0, 0.1) is 13.8 Å². The maximum absolute atomic E-state index is 12.1. The van der Waals surface area contributed by atoms with Crippen LogP contribution >= 0.6 is 23.1 Å². The number of thioether (sulfide) groups is 1. The van der Waals surface area contributed by atoms with Crippen molar-refractivity contribution < 1.29 is 4.79 Å². The molecule has 0 aliphatic carbocycles. The monoisotopic (exact) mass is 285 g/mol. The van der Waals surface area contributed by atoms with Crippen molar-refractivity contribution in [3.05, 3.63) is 15.6 Å². The lowest BCUT2D eigenvalue weighted by atomic mass is 10.2. The molecule has 2 atom stereocenters. The summed E-state index contributed by atoms with van der Waals surface area (Å²) in [6.07, 6.45) is 0. The molecule has 0 bridgehead atoms. The van der Waals surface area contributed by atoms with Gasteiger partial charge in [0.2, 0.25) is 5.91 Å². The van der Waals surface area contributed by atoms with E-state index < -0.39 is 0 Å². The predicted octanol–water partition coefficient (Wildman–Crippen LogP) is 1.64. The lowest BCUT2D eigenvalue weighted by molar-refractivity contribution is -0.123. The van der Waals surface area contributed by atoms with Gasteiger partial charge in [-0.1, -0.05) is 0 Å². The van der Waals surface area contributed by atoms with Crippen molar-refractivity contribution in [1.29, 1.82) is 0 Å². The van der Waals surface area contributed by atoms with Crippen molar-refractivity contribution in [2.75, 3.05) is 18.1 Å². The fraction of sp³-hybridized carbons (Fsp3) is 0.667. The maximum atomic E-state index is 12.1. The minimum Gasteiger partial charge on any atom is -0.347 e. The Kier molecular flexibility index (Phi) is 4.64. The average Bonchev–Trinajstić information content (AvgIpc) is 2.69. The Morgan fingerprint density at radius 2 is 2.33 bits per heavy atom. The Hall–Kier alpha value is -0.590. The van der Waals surface area contributed by atoms with Crippen LogP contribution in [-0.2, 0) is 4.79 Å². The molecule has 1 aliphatic heterocycles. The summed E-state index contributed by atoms with van der Waals surface area (Å²) in [4.78, 5) is 17.7. The number of aryl methyl sites for hydroxylation is 2. The number of amides is 1. The lowest BCUT2D eigenvalue weighted by Gasteiger charge is -2.24. The first kappa shape index (κ1) is 13.8. The molecule has 2 unspecified atom stereocenters. The quantitative estimate of drug-likeness (QED) is 0.886. The number of rotatable bonds is 3. The molecular formula is C12H19N3OS2. The number of carbonyl (C=O) groups excluding carboxylic acids is 1. The number of hydrogen-bond donors (Lipinski definition) is 2. The van der Waals surface area contributed by atoms with E-state index in [1.54, 1.807) is 11.3 Å². The molecule has 100 valence electrons. The molecule has 1 saturated heterocycles. The molecule has 1 fully saturated rings. The van der Waals surface area contributed by atoms with E-state index in [9.17, 15) is 4.79 Å². The van der Waals surface area contributed by atoms with Crippen molar-refractivity contribution in [1.82, 2.24) is 15.6 Å². The Bertz CT molecular complexity index is 427.